The highest BCUT2D eigenvalue weighted by atomic mass is 79.9. The van der Waals surface area contributed by atoms with Crippen molar-refractivity contribution in [2.24, 2.45) is 0 Å². The Hall–Kier alpha value is -1.03. The summed E-state index contributed by atoms with van der Waals surface area (Å²) >= 11 is 3.09. The van der Waals surface area contributed by atoms with Gasteiger partial charge in [0.05, 0.1) is 10.0 Å². The third kappa shape index (κ3) is 2.73. The number of hydrogen-bond acceptors (Lipinski definition) is 2. The molecule has 1 rings (SSSR count). The van der Waals surface area contributed by atoms with Crippen molar-refractivity contribution in [1.29, 1.82) is 0 Å². The summed E-state index contributed by atoms with van der Waals surface area (Å²) in [6, 6.07) is 2.95. The van der Waals surface area contributed by atoms with E-state index >= 15 is 0 Å². The minimum atomic E-state index is -1.03. The van der Waals surface area contributed by atoms with Crippen LogP contribution < -0.4 is 0 Å². The van der Waals surface area contributed by atoms with E-state index < -0.39 is 5.97 Å². The first-order chi connectivity index (χ1) is 6.54. The van der Waals surface area contributed by atoms with Crippen molar-refractivity contribution in [3.63, 3.8) is 0 Å². The Balaban J connectivity index is 0.000000791. The Kier molecular flexibility index (Phi) is 5.23. The van der Waals surface area contributed by atoms with Crippen LogP contribution in [0.25, 0.3) is 0 Å². The van der Waals surface area contributed by atoms with Gasteiger partial charge in [-0.3, -0.25) is 0 Å². The summed E-state index contributed by atoms with van der Waals surface area (Å²) in [5.41, 5.74) is 0.493. The van der Waals surface area contributed by atoms with Gasteiger partial charge in [-0.15, -0.1) is 0 Å². The molecule has 4 heteroatoms. The molecule has 0 saturated heterocycles. The number of rotatable bonds is 1. The molecule has 1 aromatic carbocycles. The number of aromatic carboxylic acids is 1. The van der Waals surface area contributed by atoms with Gasteiger partial charge in [0.2, 0.25) is 0 Å². The van der Waals surface area contributed by atoms with Gasteiger partial charge in [-0.25, -0.2) is 4.79 Å². The topological polar surface area (TPSA) is 57.5 Å². The number of phenols is 1. The summed E-state index contributed by atoms with van der Waals surface area (Å²) in [7, 11) is 0. The van der Waals surface area contributed by atoms with Gasteiger partial charge in [-0.05, 0) is 35.0 Å². The number of halogens is 1. The molecular weight excluding hydrogens is 248 g/mol. The van der Waals surface area contributed by atoms with E-state index in [0.29, 0.717) is 10.0 Å². The minimum absolute atomic E-state index is 0.0186. The molecule has 0 aromatic heterocycles. The second kappa shape index (κ2) is 5.65. The zero-order valence-corrected chi connectivity index (χ0v) is 9.92. The van der Waals surface area contributed by atoms with Crippen LogP contribution in [-0.2, 0) is 0 Å². The number of carboxylic acid groups (broad SMARTS) is 1. The van der Waals surface area contributed by atoms with E-state index in [2.05, 4.69) is 15.9 Å². The predicted octanol–water partition coefficient (Wildman–Crippen LogP) is 3.19. The maximum absolute atomic E-state index is 10.6. The lowest BCUT2D eigenvalue weighted by molar-refractivity contribution is 0.0695. The highest BCUT2D eigenvalue weighted by molar-refractivity contribution is 9.10. The third-order valence-corrected chi connectivity index (χ3v) is 2.25. The average Bonchev–Trinajstić information content (AvgIpc) is 2.17. The van der Waals surface area contributed by atoms with Crippen LogP contribution in [0, 0.1) is 6.92 Å². The molecule has 0 unspecified atom stereocenters. The SMILES string of the molecule is CC.Cc1c(C(=O)O)ccc(Br)c1O. The maximum Gasteiger partial charge on any atom is 0.336 e. The van der Waals surface area contributed by atoms with Gasteiger partial charge in [0.25, 0.3) is 0 Å². The lowest BCUT2D eigenvalue weighted by Crippen LogP contribution is -1.99. The second-order valence-corrected chi connectivity index (χ2v) is 3.23. The molecule has 0 amide bonds. The van der Waals surface area contributed by atoms with Crippen LogP contribution in [-0.4, -0.2) is 16.2 Å². The number of carboxylic acids is 1. The molecule has 0 heterocycles. The van der Waals surface area contributed by atoms with E-state index in [9.17, 15) is 9.90 Å². The second-order valence-electron chi connectivity index (χ2n) is 2.37. The zero-order valence-electron chi connectivity index (χ0n) is 8.34. The maximum atomic E-state index is 10.6. The van der Waals surface area contributed by atoms with Crippen LogP contribution in [0.4, 0.5) is 0 Å². The summed E-state index contributed by atoms with van der Waals surface area (Å²) in [5, 5.41) is 18.0. The number of aromatic hydroxyl groups is 1. The Morgan fingerprint density at radius 3 is 2.29 bits per heavy atom. The Morgan fingerprint density at radius 2 is 1.86 bits per heavy atom. The number of hydrogen-bond donors (Lipinski definition) is 2. The number of carbonyl (C=O) groups is 1. The molecule has 0 aliphatic heterocycles. The van der Waals surface area contributed by atoms with Crippen LogP contribution in [0.15, 0.2) is 16.6 Å². The van der Waals surface area contributed by atoms with E-state index in [1.54, 1.807) is 6.92 Å². The van der Waals surface area contributed by atoms with Gasteiger partial charge in [-0.1, -0.05) is 13.8 Å². The summed E-state index contributed by atoms with van der Waals surface area (Å²) in [5.74, 6) is -1.05. The Labute approximate surface area is 91.5 Å². The van der Waals surface area contributed by atoms with Crippen molar-refractivity contribution in [1.82, 2.24) is 0 Å². The zero-order chi connectivity index (χ0) is 11.3. The molecule has 2 N–H and O–H groups in total. The highest BCUT2D eigenvalue weighted by Crippen LogP contribution is 2.29. The fraction of sp³-hybridized carbons (Fsp3) is 0.300. The van der Waals surface area contributed by atoms with Gasteiger partial charge in [0.1, 0.15) is 5.75 Å². The molecule has 0 spiro atoms. The first kappa shape index (κ1) is 13.0. The lowest BCUT2D eigenvalue weighted by Gasteiger charge is -2.04. The van der Waals surface area contributed by atoms with E-state index in [1.165, 1.54) is 12.1 Å². The van der Waals surface area contributed by atoms with Crippen LogP contribution in [0.2, 0.25) is 0 Å². The average molecular weight is 261 g/mol. The Bertz CT molecular complexity index is 334. The van der Waals surface area contributed by atoms with Crippen molar-refractivity contribution in [2.45, 2.75) is 20.8 Å². The summed E-state index contributed by atoms with van der Waals surface area (Å²) in [6.07, 6.45) is 0. The molecule has 0 fully saturated rings. The first-order valence-electron chi connectivity index (χ1n) is 4.25. The van der Waals surface area contributed by atoms with E-state index in [-0.39, 0.29) is 11.3 Å². The lowest BCUT2D eigenvalue weighted by atomic mass is 10.1. The van der Waals surface area contributed by atoms with E-state index in [4.69, 9.17) is 5.11 Å². The van der Waals surface area contributed by atoms with Crippen molar-refractivity contribution in [2.75, 3.05) is 0 Å². The van der Waals surface area contributed by atoms with Crippen LogP contribution >= 0.6 is 15.9 Å². The van der Waals surface area contributed by atoms with E-state index in [1.807, 2.05) is 13.8 Å². The molecule has 0 radical (unpaired) electrons. The largest absolute Gasteiger partial charge is 0.506 e. The quantitative estimate of drug-likeness (QED) is 0.816. The third-order valence-electron chi connectivity index (χ3n) is 1.61. The fourth-order valence-corrected chi connectivity index (χ4v) is 1.33. The van der Waals surface area contributed by atoms with Gasteiger partial charge >= 0.3 is 5.97 Å². The first-order valence-corrected chi connectivity index (χ1v) is 5.04. The molecule has 0 saturated carbocycles. The molecule has 14 heavy (non-hydrogen) atoms. The van der Waals surface area contributed by atoms with Crippen LogP contribution in [0.1, 0.15) is 29.8 Å². The molecule has 0 aliphatic carbocycles. The minimum Gasteiger partial charge on any atom is -0.506 e. The molecular formula is C10H13BrO3. The van der Waals surface area contributed by atoms with Crippen molar-refractivity contribution in [3.05, 3.63) is 27.7 Å². The number of phenolic OH excluding ortho intramolecular Hbond substituents is 1. The highest BCUT2D eigenvalue weighted by Gasteiger charge is 2.11. The molecule has 0 bridgehead atoms. The van der Waals surface area contributed by atoms with Crippen LogP contribution in [0.3, 0.4) is 0 Å². The van der Waals surface area contributed by atoms with Gasteiger partial charge in [0.15, 0.2) is 0 Å². The number of benzene rings is 1. The fourth-order valence-electron chi connectivity index (χ4n) is 0.899. The van der Waals surface area contributed by atoms with Gasteiger partial charge < -0.3 is 10.2 Å². The standard InChI is InChI=1S/C8H7BrO3.C2H6/c1-4-5(8(11)12)2-3-6(9)7(4)10;1-2/h2-3,10H,1H3,(H,11,12);1-2H3. The van der Waals surface area contributed by atoms with Gasteiger partial charge in [-0.2, -0.15) is 0 Å². The van der Waals surface area contributed by atoms with E-state index in [0.717, 1.165) is 0 Å². The van der Waals surface area contributed by atoms with Crippen molar-refractivity contribution >= 4 is 21.9 Å². The van der Waals surface area contributed by atoms with Crippen LogP contribution in [0.5, 0.6) is 5.75 Å². The predicted molar refractivity (Wildman–Crippen MR) is 58.9 cm³/mol. The molecule has 78 valence electrons. The molecule has 1 aromatic rings. The normalized spacial score (nSPS) is 8.86. The summed E-state index contributed by atoms with van der Waals surface area (Å²) < 4.78 is 0.505. The van der Waals surface area contributed by atoms with Gasteiger partial charge in [0, 0.05) is 5.56 Å². The summed E-state index contributed by atoms with van der Waals surface area (Å²) in [6.45, 7) is 5.56. The molecule has 0 atom stereocenters. The summed E-state index contributed by atoms with van der Waals surface area (Å²) in [4.78, 5) is 10.6. The molecule has 0 aliphatic rings. The monoisotopic (exact) mass is 260 g/mol. The smallest absolute Gasteiger partial charge is 0.336 e. The van der Waals surface area contributed by atoms with Crippen molar-refractivity contribution < 1.29 is 15.0 Å². The van der Waals surface area contributed by atoms with Crippen molar-refractivity contribution in [3.8, 4) is 5.75 Å². The molecule has 3 nitrogen and oxygen atoms in total. The Morgan fingerprint density at radius 1 is 1.36 bits per heavy atom.